The van der Waals surface area contributed by atoms with Crippen LogP contribution in [0.15, 0.2) is 6.20 Å². The van der Waals surface area contributed by atoms with E-state index in [4.69, 9.17) is 11.6 Å². The Bertz CT molecular complexity index is 313. The Morgan fingerprint density at radius 1 is 1.33 bits per heavy atom. The Kier molecular flexibility index (Phi) is 4.82. The van der Waals surface area contributed by atoms with E-state index in [9.17, 15) is 0 Å². The van der Waals surface area contributed by atoms with Crippen LogP contribution in [0.1, 0.15) is 31.7 Å². The molecule has 84 valence electrons. The third kappa shape index (κ3) is 3.67. The molecule has 3 nitrogen and oxygen atoms in total. The molecule has 0 atom stereocenters. The zero-order valence-corrected chi connectivity index (χ0v) is 10.4. The van der Waals surface area contributed by atoms with Crippen LogP contribution in [0.5, 0.6) is 0 Å². The van der Waals surface area contributed by atoms with E-state index in [0.717, 1.165) is 18.4 Å². The number of halogens is 1. The number of nitrogens with zero attached hydrogens (tertiary/aromatic N) is 3. The van der Waals surface area contributed by atoms with Gasteiger partial charge in [-0.1, -0.05) is 31.4 Å². The third-order valence-electron chi connectivity index (χ3n) is 2.25. The normalized spacial score (nSPS) is 10.4. The van der Waals surface area contributed by atoms with Crippen molar-refractivity contribution in [3.63, 3.8) is 0 Å². The summed E-state index contributed by atoms with van der Waals surface area (Å²) in [6, 6.07) is 0. The second-order valence-corrected chi connectivity index (χ2v) is 4.20. The van der Waals surface area contributed by atoms with Crippen molar-refractivity contribution >= 4 is 17.5 Å². The second kappa shape index (κ2) is 5.91. The van der Waals surface area contributed by atoms with E-state index in [-0.39, 0.29) is 0 Å². The van der Waals surface area contributed by atoms with Gasteiger partial charge >= 0.3 is 0 Å². The zero-order chi connectivity index (χ0) is 11.3. The van der Waals surface area contributed by atoms with Crippen molar-refractivity contribution in [2.24, 2.45) is 0 Å². The van der Waals surface area contributed by atoms with Crippen molar-refractivity contribution in [3.05, 3.63) is 16.9 Å². The number of rotatable bonds is 5. The largest absolute Gasteiger partial charge is 0.347 e. The Morgan fingerprint density at radius 2 is 2.07 bits per heavy atom. The average Bonchev–Trinajstić information content (AvgIpc) is 2.20. The summed E-state index contributed by atoms with van der Waals surface area (Å²) in [5.41, 5.74) is 1.05. The first-order chi connectivity index (χ1) is 7.15. The molecule has 0 amide bonds. The SMILES string of the molecule is CCCCCc1cnc(N(C)C)nc1Cl. The lowest BCUT2D eigenvalue weighted by Crippen LogP contribution is -2.13. The number of aryl methyl sites for hydroxylation is 1. The standard InChI is InChI=1S/C11H18ClN3/c1-4-5-6-7-9-8-13-11(15(2)3)14-10(9)12/h8H,4-7H2,1-3H3. The first kappa shape index (κ1) is 12.2. The third-order valence-corrected chi connectivity index (χ3v) is 2.58. The molecule has 0 unspecified atom stereocenters. The molecular weight excluding hydrogens is 210 g/mol. The molecule has 0 aliphatic heterocycles. The maximum absolute atomic E-state index is 6.07. The lowest BCUT2D eigenvalue weighted by molar-refractivity contribution is 0.714. The van der Waals surface area contributed by atoms with Crippen molar-refractivity contribution in [2.45, 2.75) is 32.6 Å². The minimum Gasteiger partial charge on any atom is -0.347 e. The van der Waals surface area contributed by atoms with Gasteiger partial charge in [-0.3, -0.25) is 0 Å². The molecular formula is C11H18ClN3. The summed E-state index contributed by atoms with van der Waals surface area (Å²) in [5.74, 6) is 0.666. The van der Waals surface area contributed by atoms with Gasteiger partial charge < -0.3 is 4.90 Å². The maximum atomic E-state index is 6.07. The fourth-order valence-electron chi connectivity index (χ4n) is 1.33. The van der Waals surface area contributed by atoms with E-state index in [2.05, 4.69) is 16.9 Å². The summed E-state index contributed by atoms with van der Waals surface area (Å²) in [7, 11) is 3.81. The molecule has 4 heteroatoms. The van der Waals surface area contributed by atoms with Crippen LogP contribution in [0.3, 0.4) is 0 Å². The van der Waals surface area contributed by atoms with Crippen molar-refractivity contribution < 1.29 is 0 Å². The highest BCUT2D eigenvalue weighted by atomic mass is 35.5. The molecule has 0 spiro atoms. The summed E-state index contributed by atoms with van der Waals surface area (Å²) < 4.78 is 0. The molecule has 0 fully saturated rings. The van der Waals surface area contributed by atoms with Crippen LogP contribution < -0.4 is 4.90 Å². The van der Waals surface area contributed by atoms with Gasteiger partial charge in [-0.25, -0.2) is 9.97 Å². The van der Waals surface area contributed by atoms with Crippen molar-refractivity contribution in [2.75, 3.05) is 19.0 Å². The number of anilines is 1. The zero-order valence-electron chi connectivity index (χ0n) is 9.63. The molecule has 0 aliphatic rings. The van der Waals surface area contributed by atoms with Gasteiger partial charge in [0, 0.05) is 25.9 Å². The lowest BCUT2D eigenvalue weighted by Gasteiger charge is -2.11. The molecule has 0 aliphatic carbocycles. The van der Waals surface area contributed by atoms with E-state index >= 15 is 0 Å². The molecule has 0 bridgehead atoms. The van der Waals surface area contributed by atoms with Gasteiger partial charge in [-0.2, -0.15) is 0 Å². The molecule has 1 aromatic rings. The minimum atomic E-state index is 0.588. The van der Waals surface area contributed by atoms with Gasteiger partial charge in [0.1, 0.15) is 5.15 Å². The van der Waals surface area contributed by atoms with Crippen LogP contribution in [0.25, 0.3) is 0 Å². The van der Waals surface area contributed by atoms with Gasteiger partial charge in [-0.05, 0) is 12.8 Å². The highest BCUT2D eigenvalue weighted by molar-refractivity contribution is 6.30. The van der Waals surface area contributed by atoms with Gasteiger partial charge in [0.2, 0.25) is 5.95 Å². The molecule has 0 saturated heterocycles. The summed E-state index contributed by atoms with van der Waals surface area (Å²) in [6.07, 6.45) is 6.40. The summed E-state index contributed by atoms with van der Waals surface area (Å²) in [5, 5.41) is 0.588. The van der Waals surface area contributed by atoms with Crippen LogP contribution in [-0.4, -0.2) is 24.1 Å². The summed E-state index contributed by atoms with van der Waals surface area (Å²) >= 11 is 6.07. The first-order valence-corrected chi connectivity index (χ1v) is 5.71. The second-order valence-electron chi connectivity index (χ2n) is 3.84. The number of unbranched alkanes of at least 4 members (excludes halogenated alkanes) is 2. The van der Waals surface area contributed by atoms with Gasteiger partial charge in [0.15, 0.2) is 0 Å². The molecule has 1 aromatic heterocycles. The first-order valence-electron chi connectivity index (χ1n) is 5.34. The lowest BCUT2D eigenvalue weighted by atomic mass is 10.1. The van der Waals surface area contributed by atoms with Crippen molar-refractivity contribution in [1.82, 2.24) is 9.97 Å². The van der Waals surface area contributed by atoms with Gasteiger partial charge in [0.25, 0.3) is 0 Å². The van der Waals surface area contributed by atoms with E-state index < -0.39 is 0 Å². The van der Waals surface area contributed by atoms with E-state index in [1.807, 2.05) is 25.2 Å². The molecule has 0 radical (unpaired) electrons. The van der Waals surface area contributed by atoms with Crippen LogP contribution in [0.4, 0.5) is 5.95 Å². The van der Waals surface area contributed by atoms with Crippen molar-refractivity contribution in [1.29, 1.82) is 0 Å². The van der Waals surface area contributed by atoms with Gasteiger partial charge in [-0.15, -0.1) is 0 Å². The van der Waals surface area contributed by atoms with E-state index in [1.165, 1.54) is 12.8 Å². The molecule has 15 heavy (non-hydrogen) atoms. The highest BCUT2D eigenvalue weighted by Gasteiger charge is 2.05. The Balaban J connectivity index is 2.66. The fraction of sp³-hybridized carbons (Fsp3) is 0.636. The fourth-order valence-corrected chi connectivity index (χ4v) is 1.54. The predicted molar refractivity (Wildman–Crippen MR) is 64.6 cm³/mol. The van der Waals surface area contributed by atoms with E-state index in [1.54, 1.807) is 0 Å². The van der Waals surface area contributed by atoms with Crippen LogP contribution in [0, 0.1) is 0 Å². The van der Waals surface area contributed by atoms with Crippen LogP contribution >= 0.6 is 11.6 Å². The smallest absolute Gasteiger partial charge is 0.226 e. The maximum Gasteiger partial charge on any atom is 0.226 e. The molecule has 1 heterocycles. The minimum absolute atomic E-state index is 0.588. The van der Waals surface area contributed by atoms with E-state index in [0.29, 0.717) is 11.1 Å². The quantitative estimate of drug-likeness (QED) is 0.572. The Labute approximate surface area is 96.5 Å². The van der Waals surface area contributed by atoms with Crippen molar-refractivity contribution in [3.8, 4) is 0 Å². The molecule has 0 aromatic carbocycles. The Morgan fingerprint density at radius 3 is 2.60 bits per heavy atom. The number of aromatic nitrogens is 2. The average molecular weight is 228 g/mol. The highest BCUT2D eigenvalue weighted by Crippen LogP contribution is 2.17. The predicted octanol–water partition coefficient (Wildman–Crippen LogP) is 2.93. The summed E-state index contributed by atoms with van der Waals surface area (Å²) in [6.45, 7) is 2.19. The monoisotopic (exact) mass is 227 g/mol. The van der Waals surface area contributed by atoms with Crippen LogP contribution in [0.2, 0.25) is 5.15 Å². The molecule has 1 rings (SSSR count). The molecule has 0 saturated carbocycles. The topological polar surface area (TPSA) is 29.0 Å². The summed E-state index contributed by atoms with van der Waals surface area (Å²) in [4.78, 5) is 10.3. The van der Waals surface area contributed by atoms with Gasteiger partial charge in [0.05, 0.1) is 0 Å². The molecule has 0 N–H and O–H groups in total. The van der Waals surface area contributed by atoms with Crippen LogP contribution in [-0.2, 0) is 6.42 Å². The number of hydrogen-bond acceptors (Lipinski definition) is 3. The Hall–Kier alpha value is -0.830. The number of hydrogen-bond donors (Lipinski definition) is 0.